The van der Waals surface area contributed by atoms with Crippen molar-refractivity contribution in [2.24, 2.45) is 23.5 Å². The summed E-state index contributed by atoms with van der Waals surface area (Å²) in [5.41, 5.74) is 10.5. The average molecular weight is 355 g/mol. The molecule has 0 aromatic carbocycles. The van der Waals surface area contributed by atoms with Crippen LogP contribution in [0.15, 0.2) is 47.2 Å². The van der Waals surface area contributed by atoms with Crippen LogP contribution < -0.4 is 5.73 Å². The van der Waals surface area contributed by atoms with E-state index in [1.54, 1.807) is 16.8 Å². The van der Waals surface area contributed by atoms with Gasteiger partial charge < -0.3 is 10.6 Å². The molecule has 0 saturated carbocycles. The van der Waals surface area contributed by atoms with Crippen LogP contribution in [0.4, 0.5) is 0 Å². The quantitative estimate of drug-likeness (QED) is 0.697. The van der Waals surface area contributed by atoms with Crippen LogP contribution in [0.2, 0.25) is 0 Å². The summed E-state index contributed by atoms with van der Waals surface area (Å²) in [7, 11) is 0. The number of nitrogens with zero attached hydrogens (tertiary/aromatic N) is 1. The smallest absolute Gasteiger partial charge is 0.0539 e. The Hall–Kier alpha value is -1.28. The summed E-state index contributed by atoms with van der Waals surface area (Å²) in [5.74, 6) is 2.17. The van der Waals surface area contributed by atoms with E-state index >= 15 is 0 Å². The molecule has 1 fully saturated rings. The van der Waals surface area contributed by atoms with Gasteiger partial charge in [-0.15, -0.1) is 0 Å². The second-order valence-electron chi connectivity index (χ2n) is 8.68. The predicted octanol–water partition coefficient (Wildman–Crippen LogP) is 5.59. The standard InChI is InChI=1S/C24H38N2/c1-18-9-7-17-26(24-11-5-4-10-23(24)20(18)3)22-14-12-21(13-15-22)19(2)8-6-16-25/h4-5,10,12,14,18-20,24H,6-9,11,13,15-17,25H2,1-3H3. The molecule has 1 heterocycles. The van der Waals surface area contributed by atoms with Gasteiger partial charge in [-0.05, 0) is 80.9 Å². The molecule has 3 rings (SSSR count). The number of allylic oxidation sites excluding steroid dienone is 6. The maximum absolute atomic E-state index is 5.69. The Morgan fingerprint density at radius 3 is 2.77 bits per heavy atom. The summed E-state index contributed by atoms with van der Waals surface area (Å²) in [4.78, 5) is 2.75. The molecule has 0 bridgehead atoms. The zero-order valence-electron chi connectivity index (χ0n) is 17.1. The highest BCUT2D eigenvalue weighted by Crippen LogP contribution is 2.38. The number of likely N-dealkylation sites (tertiary alicyclic amines) is 1. The number of hydrogen-bond acceptors (Lipinski definition) is 2. The summed E-state index contributed by atoms with van der Waals surface area (Å²) >= 11 is 0. The van der Waals surface area contributed by atoms with Crippen LogP contribution in [-0.4, -0.2) is 24.0 Å². The topological polar surface area (TPSA) is 29.3 Å². The van der Waals surface area contributed by atoms with Crippen molar-refractivity contribution >= 4 is 0 Å². The molecular weight excluding hydrogens is 316 g/mol. The van der Waals surface area contributed by atoms with Gasteiger partial charge >= 0.3 is 0 Å². The minimum atomic E-state index is 0.577. The lowest BCUT2D eigenvalue weighted by Gasteiger charge is -2.43. The van der Waals surface area contributed by atoms with Crippen molar-refractivity contribution in [2.45, 2.75) is 71.8 Å². The first-order chi connectivity index (χ1) is 12.6. The van der Waals surface area contributed by atoms with E-state index in [1.807, 2.05) is 0 Å². The summed E-state index contributed by atoms with van der Waals surface area (Å²) in [6, 6.07) is 0.577. The van der Waals surface area contributed by atoms with E-state index in [9.17, 15) is 0 Å². The minimum Gasteiger partial charge on any atom is -0.368 e. The average Bonchev–Trinajstić information content (AvgIpc) is 2.68. The van der Waals surface area contributed by atoms with E-state index in [4.69, 9.17) is 5.73 Å². The van der Waals surface area contributed by atoms with Crippen LogP contribution >= 0.6 is 0 Å². The molecule has 0 amide bonds. The largest absolute Gasteiger partial charge is 0.368 e. The van der Waals surface area contributed by atoms with Crippen LogP contribution in [-0.2, 0) is 0 Å². The second kappa shape index (κ2) is 9.08. The fourth-order valence-electron chi connectivity index (χ4n) is 4.96. The minimum absolute atomic E-state index is 0.577. The second-order valence-corrected chi connectivity index (χ2v) is 8.68. The molecule has 0 aromatic rings. The highest BCUT2D eigenvalue weighted by atomic mass is 15.2. The molecule has 4 unspecified atom stereocenters. The van der Waals surface area contributed by atoms with Gasteiger partial charge in [0.1, 0.15) is 0 Å². The highest BCUT2D eigenvalue weighted by Gasteiger charge is 2.32. The van der Waals surface area contributed by atoms with Crippen molar-refractivity contribution in [3.63, 3.8) is 0 Å². The molecule has 0 spiro atoms. The molecule has 2 nitrogen and oxygen atoms in total. The van der Waals surface area contributed by atoms with E-state index in [0.29, 0.717) is 17.9 Å². The first-order valence-electron chi connectivity index (χ1n) is 10.8. The highest BCUT2D eigenvalue weighted by molar-refractivity contribution is 5.31. The summed E-state index contributed by atoms with van der Waals surface area (Å²) in [6.45, 7) is 9.27. The third-order valence-electron chi connectivity index (χ3n) is 6.99. The lowest BCUT2D eigenvalue weighted by molar-refractivity contribution is 0.210. The van der Waals surface area contributed by atoms with Gasteiger partial charge in [0.25, 0.3) is 0 Å². The van der Waals surface area contributed by atoms with Crippen LogP contribution in [0.1, 0.15) is 65.7 Å². The molecule has 4 atom stereocenters. The van der Waals surface area contributed by atoms with Crippen molar-refractivity contribution in [3.8, 4) is 0 Å². The third kappa shape index (κ3) is 4.34. The van der Waals surface area contributed by atoms with Crippen molar-refractivity contribution in [1.82, 2.24) is 4.90 Å². The maximum atomic E-state index is 5.69. The fourth-order valence-corrected chi connectivity index (χ4v) is 4.96. The van der Waals surface area contributed by atoms with Crippen molar-refractivity contribution in [1.29, 1.82) is 0 Å². The molecule has 0 aromatic heterocycles. The molecule has 26 heavy (non-hydrogen) atoms. The number of fused-ring (bicyclic) bond motifs is 1. The monoisotopic (exact) mass is 354 g/mol. The molecule has 1 saturated heterocycles. The van der Waals surface area contributed by atoms with Gasteiger partial charge in [-0.25, -0.2) is 0 Å². The molecule has 2 N–H and O–H groups in total. The van der Waals surface area contributed by atoms with E-state index in [1.165, 1.54) is 45.1 Å². The molecule has 3 aliphatic rings. The Labute approximate surface area is 160 Å². The Morgan fingerprint density at radius 1 is 1.19 bits per heavy atom. The first kappa shape index (κ1) is 19.5. The third-order valence-corrected chi connectivity index (χ3v) is 6.99. The normalized spacial score (nSPS) is 30.5. The molecule has 2 heteroatoms. The Bertz CT molecular complexity index is 595. The van der Waals surface area contributed by atoms with Gasteiger partial charge in [0.2, 0.25) is 0 Å². The van der Waals surface area contributed by atoms with E-state index < -0.39 is 0 Å². The Kier molecular flexibility index (Phi) is 6.80. The summed E-state index contributed by atoms with van der Waals surface area (Å²) < 4.78 is 0. The lowest BCUT2D eigenvalue weighted by Crippen LogP contribution is -2.41. The lowest BCUT2D eigenvalue weighted by atomic mass is 9.77. The van der Waals surface area contributed by atoms with Crippen LogP contribution in [0.5, 0.6) is 0 Å². The number of hydrogen-bond donors (Lipinski definition) is 1. The molecule has 144 valence electrons. The van der Waals surface area contributed by atoms with Gasteiger partial charge in [0.15, 0.2) is 0 Å². The van der Waals surface area contributed by atoms with E-state index in [0.717, 1.165) is 18.9 Å². The molecule has 0 radical (unpaired) electrons. The Balaban J connectivity index is 1.77. The molecular formula is C24H38N2. The van der Waals surface area contributed by atoms with Crippen LogP contribution in [0, 0.1) is 17.8 Å². The van der Waals surface area contributed by atoms with Crippen molar-refractivity contribution in [3.05, 3.63) is 47.2 Å². The zero-order valence-corrected chi connectivity index (χ0v) is 17.1. The van der Waals surface area contributed by atoms with Gasteiger partial charge in [0.05, 0.1) is 6.04 Å². The van der Waals surface area contributed by atoms with Crippen LogP contribution in [0.25, 0.3) is 0 Å². The van der Waals surface area contributed by atoms with Crippen molar-refractivity contribution < 1.29 is 0 Å². The predicted molar refractivity (Wildman–Crippen MR) is 113 cm³/mol. The first-order valence-corrected chi connectivity index (χ1v) is 10.8. The van der Waals surface area contributed by atoms with Gasteiger partial charge in [-0.2, -0.15) is 0 Å². The SMILES string of the molecule is CC(CCCN)C1=CC=C(N2CCCC(C)C(C)C3=CC=CCC32)CC1. The van der Waals surface area contributed by atoms with Gasteiger partial charge in [-0.3, -0.25) is 0 Å². The maximum Gasteiger partial charge on any atom is 0.0539 e. The Morgan fingerprint density at radius 2 is 2.04 bits per heavy atom. The van der Waals surface area contributed by atoms with Gasteiger partial charge in [-0.1, -0.05) is 50.6 Å². The van der Waals surface area contributed by atoms with Crippen LogP contribution in [0.3, 0.4) is 0 Å². The fraction of sp³-hybridized carbons (Fsp3) is 0.667. The van der Waals surface area contributed by atoms with Gasteiger partial charge in [0, 0.05) is 12.2 Å². The summed E-state index contributed by atoms with van der Waals surface area (Å²) in [6.07, 6.45) is 20.5. The molecule has 2 aliphatic carbocycles. The number of rotatable bonds is 5. The number of nitrogens with two attached hydrogens (primary N) is 1. The van der Waals surface area contributed by atoms with Crippen molar-refractivity contribution in [2.75, 3.05) is 13.1 Å². The summed E-state index contributed by atoms with van der Waals surface area (Å²) in [5, 5.41) is 0. The molecule has 1 aliphatic heterocycles. The van der Waals surface area contributed by atoms with E-state index in [-0.39, 0.29) is 0 Å². The van der Waals surface area contributed by atoms with E-state index in [2.05, 4.69) is 56.1 Å². The zero-order chi connectivity index (χ0) is 18.5.